The molecule has 0 N–H and O–H groups in total. The van der Waals surface area contributed by atoms with E-state index in [0.29, 0.717) is 0 Å². The van der Waals surface area contributed by atoms with Gasteiger partial charge in [-0.3, -0.25) is 4.79 Å². The molecular formula is C8H9F5O2. The number of Topliss-reactive ketones (excluding diaryl/α,β-unsaturated/α-hetero) is 1. The van der Waals surface area contributed by atoms with Gasteiger partial charge in [0.1, 0.15) is 0 Å². The molecule has 0 radical (unpaired) electrons. The average molecular weight is 232 g/mol. The zero-order chi connectivity index (χ0) is 11.7. The summed E-state index contributed by atoms with van der Waals surface area (Å²) in [5, 5.41) is 0. The lowest BCUT2D eigenvalue weighted by Crippen LogP contribution is -2.48. The first kappa shape index (κ1) is 12.4. The first-order valence-corrected chi connectivity index (χ1v) is 4.33. The minimum atomic E-state index is -5.80. The monoisotopic (exact) mass is 232 g/mol. The predicted octanol–water partition coefficient (Wildman–Crippen LogP) is 2.18. The van der Waals surface area contributed by atoms with Crippen LogP contribution < -0.4 is 0 Å². The fourth-order valence-electron chi connectivity index (χ4n) is 1.36. The number of ether oxygens (including phenoxy) is 1. The van der Waals surface area contributed by atoms with Crippen LogP contribution in [0.4, 0.5) is 22.0 Å². The number of hydrogen-bond acceptors (Lipinski definition) is 2. The van der Waals surface area contributed by atoms with Crippen LogP contribution in [0.1, 0.15) is 12.8 Å². The van der Waals surface area contributed by atoms with Crippen LogP contribution >= 0.6 is 0 Å². The maximum absolute atomic E-state index is 12.6. The molecular weight excluding hydrogens is 223 g/mol. The minimum absolute atomic E-state index is 0.0460. The summed E-state index contributed by atoms with van der Waals surface area (Å²) < 4.78 is 65.5. The largest absolute Gasteiger partial charge is 0.461 e. The zero-order valence-electron chi connectivity index (χ0n) is 7.61. The molecule has 2 nitrogen and oxygen atoms in total. The van der Waals surface area contributed by atoms with Crippen LogP contribution in [-0.4, -0.2) is 31.1 Å². The van der Waals surface area contributed by atoms with Crippen molar-refractivity contribution in [3.8, 4) is 0 Å². The topological polar surface area (TPSA) is 26.3 Å². The highest BCUT2D eigenvalue weighted by Gasteiger charge is 2.64. The number of alkyl halides is 5. The van der Waals surface area contributed by atoms with Crippen LogP contribution in [0.2, 0.25) is 0 Å². The van der Waals surface area contributed by atoms with E-state index in [1.807, 2.05) is 0 Å². The van der Waals surface area contributed by atoms with Gasteiger partial charge in [0, 0.05) is 19.1 Å². The minimum Gasteiger partial charge on any atom is -0.381 e. The Balaban J connectivity index is 2.74. The molecule has 1 aliphatic rings. The first-order chi connectivity index (χ1) is 6.77. The standard InChI is InChI=1S/C8H9F5O2/c9-7(10,8(11,12)13)6(14)5-1-3-15-4-2-5/h5H,1-4H2. The Kier molecular flexibility index (Phi) is 3.32. The Labute approximate surface area is 82.4 Å². The van der Waals surface area contributed by atoms with Crippen LogP contribution in [0.15, 0.2) is 0 Å². The van der Waals surface area contributed by atoms with Gasteiger partial charge in [-0.2, -0.15) is 22.0 Å². The second-order valence-corrected chi connectivity index (χ2v) is 3.32. The molecule has 0 aromatic heterocycles. The molecule has 0 unspecified atom stereocenters. The van der Waals surface area contributed by atoms with Gasteiger partial charge in [-0.05, 0) is 12.8 Å². The molecule has 0 spiro atoms. The molecule has 0 aromatic rings. The lowest BCUT2D eigenvalue weighted by atomic mass is 9.91. The smallest absolute Gasteiger partial charge is 0.381 e. The van der Waals surface area contributed by atoms with Crippen LogP contribution in [0.25, 0.3) is 0 Å². The number of carbonyl (C=O) groups excluding carboxylic acids is 1. The van der Waals surface area contributed by atoms with Crippen LogP contribution in [-0.2, 0) is 9.53 Å². The molecule has 1 fully saturated rings. The van der Waals surface area contributed by atoms with Crippen molar-refractivity contribution < 1.29 is 31.5 Å². The zero-order valence-corrected chi connectivity index (χ0v) is 7.61. The molecule has 0 atom stereocenters. The molecule has 0 bridgehead atoms. The van der Waals surface area contributed by atoms with Gasteiger partial charge in [0.05, 0.1) is 0 Å². The van der Waals surface area contributed by atoms with Gasteiger partial charge >= 0.3 is 12.1 Å². The summed E-state index contributed by atoms with van der Waals surface area (Å²) in [6.07, 6.45) is -5.96. The quantitative estimate of drug-likeness (QED) is 0.682. The van der Waals surface area contributed by atoms with E-state index in [0.717, 1.165) is 0 Å². The van der Waals surface area contributed by atoms with Crippen molar-refractivity contribution in [2.24, 2.45) is 5.92 Å². The summed E-state index contributed by atoms with van der Waals surface area (Å²) in [5.41, 5.74) is 0. The predicted molar refractivity (Wildman–Crippen MR) is 39.6 cm³/mol. The lowest BCUT2D eigenvalue weighted by molar-refractivity contribution is -0.271. The summed E-state index contributed by atoms with van der Waals surface area (Å²) in [5.74, 6) is -8.54. The van der Waals surface area contributed by atoms with Gasteiger partial charge in [-0.15, -0.1) is 0 Å². The van der Waals surface area contributed by atoms with E-state index in [-0.39, 0.29) is 26.1 Å². The molecule has 88 valence electrons. The summed E-state index contributed by atoms with van der Waals surface area (Å²) in [6.45, 7) is 0.0920. The molecule has 0 aromatic carbocycles. The van der Waals surface area contributed by atoms with Crippen molar-refractivity contribution in [3.63, 3.8) is 0 Å². The van der Waals surface area contributed by atoms with Crippen LogP contribution in [0.5, 0.6) is 0 Å². The molecule has 1 aliphatic heterocycles. The van der Waals surface area contributed by atoms with Crippen molar-refractivity contribution in [1.29, 1.82) is 0 Å². The molecule has 15 heavy (non-hydrogen) atoms. The summed E-state index contributed by atoms with van der Waals surface area (Å²) in [4.78, 5) is 10.9. The number of carbonyl (C=O) groups is 1. The molecule has 1 saturated heterocycles. The highest BCUT2D eigenvalue weighted by Crippen LogP contribution is 2.39. The number of ketones is 1. The van der Waals surface area contributed by atoms with Gasteiger partial charge in [-0.1, -0.05) is 0 Å². The lowest BCUT2D eigenvalue weighted by Gasteiger charge is -2.26. The third-order valence-corrected chi connectivity index (χ3v) is 2.26. The second kappa shape index (κ2) is 4.03. The normalized spacial score (nSPS) is 20.3. The molecule has 0 saturated carbocycles. The Morgan fingerprint density at radius 2 is 1.53 bits per heavy atom. The molecule has 1 heterocycles. The Bertz CT molecular complexity index is 242. The van der Waals surface area contributed by atoms with E-state index >= 15 is 0 Å². The van der Waals surface area contributed by atoms with Crippen molar-refractivity contribution in [2.45, 2.75) is 24.9 Å². The van der Waals surface area contributed by atoms with E-state index in [4.69, 9.17) is 4.74 Å². The van der Waals surface area contributed by atoms with Gasteiger partial charge in [0.25, 0.3) is 0 Å². The van der Waals surface area contributed by atoms with Gasteiger partial charge in [-0.25, -0.2) is 0 Å². The van der Waals surface area contributed by atoms with Crippen molar-refractivity contribution in [2.75, 3.05) is 13.2 Å². The van der Waals surface area contributed by atoms with Crippen LogP contribution in [0, 0.1) is 5.92 Å². The third kappa shape index (κ3) is 2.45. The maximum Gasteiger partial charge on any atom is 0.461 e. The van der Waals surface area contributed by atoms with Crippen LogP contribution in [0.3, 0.4) is 0 Å². The maximum atomic E-state index is 12.6. The van der Waals surface area contributed by atoms with E-state index in [9.17, 15) is 26.7 Å². The first-order valence-electron chi connectivity index (χ1n) is 4.33. The average Bonchev–Trinajstić information content (AvgIpc) is 2.16. The fourth-order valence-corrected chi connectivity index (χ4v) is 1.36. The second-order valence-electron chi connectivity index (χ2n) is 3.32. The summed E-state index contributed by atoms with van der Waals surface area (Å²) in [6, 6.07) is 0. The third-order valence-electron chi connectivity index (χ3n) is 2.26. The van der Waals surface area contributed by atoms with E-state index in [1.165, 1.54) is 0 Å². The Morgan fingerprint density at radius 3 is 1.93 bits per heavy atom. The Morgan fingerprint density at radius 1 is 1.07 bits per heavy atom. The van der Waals surface area contributed by atoms with E-state index < -0.39 is 23.8 Å². The van der Waals surface area contributed by atoms with E-state index in [2.05, 4.69) is 0 Å². The van der Waals surface area contributed by atoms with Gasteiger partial charge in [0.15, 0.2) is 0 Å². The molecule has 0 amide bonds. The van der Waals surface area contributed by atoms with Crippen molar-refractivity contribution in [1.82, 2.24) is 0 Å². The summed E-state index contributed by atoms with van der Waals surface area (Å²) >= 11 is 0. The number of halogens is 5. The number of rotatable bonds is 2. The molecule has 0 aliphatic carbocycles. The molecule has 1 rings (SSSR count). The highest BCUT2D eigenvalue weighted by molar-refractivity contribution is 5.88. The molecule has 7 heteroatoms. The number of hydrogen-bond donors (Lipinski definition) is 0. The SMILES string of the molecule is O=C(C1CCOCC1)C(F)(F)C(F)(F)F. The summed E-state index contributed by atoms with van der Waals surface area (Å²) in [7, 11) is 0. The van der Waals surface area contributed by atoms with Gasteiger partial charge < -0.3 is 4.74 Å². The van der Waals surface area contributed by atoms with Crippen molar-refractivity contribution >= 4 is 5.78 Å². The van der Waals surface area contributed by atoms with Gasteiger partial charge in [0.2, 0.25) is 5.78 Å². The fraction of sp³-hybridized carbons (Fsp3) is 0.875. The Hall–Kier alpha value is -0.720. The van der Waals surface area contributed by atoms with Crippen molar-refractivity contribution in [3.05, 3.63) is 0 Å². The highest BCUT2D eigenvalue weighted by atomic mass is 19.4. The van der Waals surface area contributed by atoms with E-state index in [1.54, 1.807) is 0 Å².